The number of H-pyrrole nitrogens is 1. The number of thioether (sulfide) groups is 1. The van der Waals surface area contributed by atoms with E-state index in [1.165, 1.54) is 16.2 Å². The molecule has 0 spiro atoms. The van der Waals surface area contributed by atoms with Crippen LogP contribution >= 0.6 is 11.8 Å². The number of esters is 1. The standard InChI is InChI=1S/C24H26N4O6S/c1-4-33-22(31)14(2)35-24-25-20-19(21(30)26-23(32)27(20)3)28(24)12-16(29)13-34-18-11-7-9-15-8-5-6-10-17(15)18/h5-11,14,16,29H,4,12-13H2,1-3H3,(H,26,30,32)/t14-,16+/m0/s1. The van der Waals surface area contributed by atoms with Crippen molar-refractivity contribution in [2.75, 3.05) is 13.2 Å². The summed E-state index contributed by atoms with van der Waals surface area (Å²) in [5, 5.41) is 12.4. The lowest BCUT2D eigenvalue weighted by molar-refractivity contribution is -0.142. The van der Waals surface area contributed by atoms with Crippen LogP contribution in [-0.4, -0.2) is 54.7 Å². The molecule has 0 aliphatic heterocycles. The second kappa shape index (κ2) is 10.4. The summed E-state index contributed by atoms with van der Waals surface area (Å²) in [6, 6.07) is 13.4. The lowest BCUT2D eigenvalue weighted by Crippen LogP contribution is -2.31. The topological polar surface area (TPSA) is 128 Å². The van der Waals surface area contributed by atoms with E-state index in [4.69, 9.17) is 9.47 Å². The maximum absolute atomic E-state index is 12.7. The molecule has 0 bridgehead atoms. The molecule has 4 aromatic rings. The number of nitrogens with zero attached hydrogens (tertiary/aromatic N) is 3. The molecule has 10 nitrogen and oxygen atoms in total. The normalized spacial score (nSPS) is 13.1. The van der Waals surface area contributed by atoms with E-state index in [0.29, 0.717) is 10.9 Å². The number of aromatic nitrogens is 4. The smallest absolute Gasteiger partial charge is 0.329 e. The van der Waals surface area contributed by atoms with Gasteiger partial charge in [-0.25, -0.2) is 9.78 Å². The third kappa shape index (κ3) is 5.10. The van der Waals surface area contributed by atoms with E-state index in [1.54, 1.807) is 13.8 Å². The van der Waals surface area contributed by atoms with Crippen molar-refractivity contribution in [1.82, 2.24) is 19.1 Å². The van der Waals surface area contributed by atoms with Gasteiger partial charge >= 0.3 is 11.7 Å². The van der Waals surface area contributed by atoms with E-state index in [-0.39, 0.29) is 30.9 Å². The first-order valence-electron chi connectivity index (χ1n) is 11.1. The molecule has 0 radical (unpaired) electrons. The fourth-order valence-electron chi connectivity index (χ4n) is 3.71. The van der Waals surface area contributed by atoms with E-state index >= 15 is 0 Å². The summed E-state index contributed by atoms with van der Waals surface area (Å²) in [7, 11) is 1.49. The number of aromatic amines is 1. The summed E-state index contributed by atoms with van der Waals surface area (Å²) < 4.78 is 13.7. The van der Waals surface area contributed by atoms with E-state index < -0.39 is 28.6 Å². The van der Waals surface area contributed by atoms with Gasteiger partial charge in [0.1, 0.15) is 23.7 Å². The summed E-state index contributed by atoms with van der Waals surface area (Å²) in [6.07, 6.45) is -1.01. The number of carbonyl (C=O) groups excluding carboxylic acids is 1. The van der Waals surface area contributed by atoms with Gasteiger partial charge in [-0.3, -0.25) is 19.1 Å². The number of aliphatic hydroxyl groups excluding tert-OH is 1. The molecule has 0 saturated heterocycles. The van der Waals surface area contributed by atoms with Crippen LogP contribution in [0.25, 0.3) is 21.9 Å². The minimum Gasteiger partial charge on any atom is -0.490 e. The quantitative estimate of drug-likeness (QED) is 0.265. The number of fused-ring (bicyclic) bond motifs is 2. The highest BCUT2D eigenvalue weighted by Gasteiger charge is 2.24. The monoisotopic (exact) mass is 498 g/mol. The first-order valence-corrected chi connectivity index (χ1v) is 12.0. The van der Waals surface area contributed by atoms with Gasteiger partial charge in [-0.1, -0.05) is 48.2 Å². The number of aliphatic hydroxyl groups is 1. The SMILES string of the molecule is CCOC(=O)[C@H](C)Sc1nc2c(c(=O)[nH]c(=O)n2C)n1C[C@@H](O)COc1cccc2ccccc12. The highest BCUT2D eigenvalue weighted by Crippen LogP contribution is 2.28. The second-order valence-corrected chi connectivity index (χ2v) is 9.26. The van der Waals surface area contributed by atoms with Crippen LogP contribution in [0.1, 0.15) is 13.8 Å². The van der Waals surface area contributed by atoms with Crippen LogP contribution in [0.5, 0.6) is 5.75 Å². The van der Waals surface area contributed by atoms with Gasteiger partial charge in [0.2, 0.25) is 0 Å². The Kier molecular flexibility index (Phi) is 7.27. The number of aryl methyl sites for hydroxylation is 1. The van der Waals surface area contributed by atoms with E-state index in [9.17, 15) is 19.5 Å². The molecule has 2 aromatic heterocycles. The Balaban J connectivity index is 1.63. The van der Waals surface area contributed by atoms with Crippen molar-refractivity contribution in [3.63, 3.8) is 0 Å². The number of benzene rings is 2. The van der Waals surface area contributed by atoms with Gasteiger partial charge in [-0.05, 0) is 25.3 Å². The molecular formula is C24H26N4O6S. The molecule has 0 saturated carbocycles. The molecule has 2 heterocycles. The molecule has 2 aromatic carbocycles. The van der Waals surface area contributed by atoms with Crippen molar-refractivity contribution in [2.24, 2.45) is 7.05 Å². The molecule has 0 amide bonds. The number of carbonyl (C=O) groups is 1. The van der Waals surface area contributed by atoms with Gasteiger partial charge in [0.15, 0.2) is 16.3 Å². The van der Waals surface area contributed by atoms with Gasteiger partial charge < -0.3 is 19.1 Å². The fourth-order valence-corrected chi connectivity index (χ4v) is 4.62. The van der Waals surface area contributed by atoms with Crippen LogP contribution in [-0.2, 0) is 23.1 Å². The zero-order valence-corrected chi connectivity index (χ0v) is 20.4. The Hall–Kier alpha value is -3.57. The summed E-state index contributed by atoms with van der Waals surface area (Å²) >= 11 is 1.08. The van der Waals surface area contributed by atoms with Crippen molar-refractivity contribution in [3.05, 3.63) is 63.3 Å². The predicted octanol–water partition coefficient (Wildman–Crippen LogP) is 2.06. The van der Waals surface area contributed by atoms with Gasteiger partial charge in [0.05, 0.1) is 13.2 Å². The summed E-state index contributed by atoms with van der Waals surface area (Å²) in [6.45, 7) is 3.52. The van der Waals surface area contributed by atoms with Crippen molar-refractivity contribution in [3.8, 4) is 5.75 Å². The van der Waals surface area contributed by atoms with Crippen molar-refractivity contribution < 1.29 is 19.4 Å². The Morgan fingerprint density at radius 3 is 2.71 bits per heavy atom. The Bertz CT molecular complexity index is 1490. The number of nitrogens with one attached hydrogen (secondary N) is 1. The minimum absolute atomic E-state index is 0.0412. The third-order valence-electron chi connectivity index (χ3n) is 5.45. The lowest BCUT2D eigenvalue weighted by Gasteiger charge is -2.17. The molecule has 4 rings (SSSR count). The number of rotatable bonds is 9. The van der Waals surface area contributed by atoms with Gasteiger partial charge in [0.25, 0.3) is 5.56 Å². The number of imidazole rings is 1. The van der Waals surface area contributed by atoms with Crippen molar-refractivity contribution >= 4 is 39.7 Å². The van der Waals surface area contributed by atoms with E-state index in [1.807, 2.05) is 42.5 Å². The predicted molar refractivity (Wildman–Crippen MR) is 133 cm³/mol. The maximum Gasteiger partial charge on any atom is 0.329 e. The molecule has 0 aliphatic rings. The van der Waals surface area contributed by atoms with Gasteiger partial charge in [-0.2, -0.15) is 0 Å². The Morgan fingerprint density at radius 1 is 1.20 bits per heavy atom. The average Bonchev–Trinajstić information content (AvgIpc) is 3.19. The van der Waals surface area contributed by atoms with Crippen LogP contribution in [0.3, 0.4) is 0 Å². The largest absolute Gasteiger partial charge is 0.490 e. The summed E-state index contributed by atoms with van der Waals surface area (Å²) in [5.41, 5.74) is -0.968. The third-order valence-corrected chi connectivity index (χ3v) is 6.52. The fraction of sp³-hybridized carbons (Fsp3) is 0.333. The first kappa shape index (κ1) is 24.6. The molecular weight excluding hydrogens is 472 g/mol. The number of ether oxygens (including phenoxy) is 2. The molecule has 184 valence electrons. The van der Waals surface area contributed by atoms with Crippen molar-refractivity contribution in [2.45, 2.75) is 36.9 Å². The zero-order chi connectivity index (χ0) is 25.1. The van der Waals surface area contributed by atoms with Crippen LogP contribution < -0.4 is 16.0 Å². The van der Waals surface area contributed by atoms with Gasteiger partial charge in [0, 0.05) is 12.4 Å². The Labute approximate surface area is 204 Å². The molecule has 0 aliphatic carbocycles. The molecule has 0 fully saturated rings. The second-order valence-electron chi connectivity index (χ2n) is 7.95. The van der Waals surface area contributed by atoms with Crippen LogP contribution in [0, 0.1) is 0 Å². The Morgan fingerprint density at radius 2 is 1.94 bits per heavy atom. The van der Waals surface area contributed by atoms with E-state index in [2.05, 4.69) is 9.97 Å². The van der Waals surface area contributed by atoms with Crippen LogP contribution in [0.4, 0.5) is 0 Å². The van der Waals surface area contributed by atoms with E-state index in [0.717, 1.165) is 22.5 Å². The first-order chi connectivity index (χ1) is 16.8. The lowest BCUT2D eigenvalue weighted by atomic mass is 10.1. The van der Waals surface area contributed by atoms with Gasteiger partial charge in [-0.15, -0.1) is 0 Å². The molecule has 11 heteroatoms. The number of hydrogen-bond donors (Lipinski definition) is 2. The van der Waals surface area contributed by atoms with Crippen LogP contribution in [0.2, 0.25) is 0 Å². The molecule has 2 N–H and O–H groups in total. The summed E-state index contributed by atoms with van der Waals surface area (Å²) in [5.74, 6) is 0.196. The highest BCUT2D eigenvalue weighted by atomic mass is 32.2. The zero-order valence-electron chi connectivity index (χ0n) is 19.6. The molecule has 2 atom stereocenters. The molecule has 0 unspecified atom stereocenters. The van der Waals surface area contributed by atoms with Crippen molar-refractivity contribution in [1.29, 1.82) is 0 Å². The summed E-state index contributed by atoms with van der Waals surface area (Å²) in [4.78, 5) is 43.6. The molecule has 35 heavy (non-hydrogen) atoms. The highest BCUT2D eigenvalue weighted by molar-refractivity contribution is 8.00. The maximum atomic E-state index is 12.7. The van der Waals surface area contributed by atoms with Crippen LogP contribution in [0.15, 0.2) is 57.2 Å². The average molecular weight is 499 g/mol. The minimum atomic E-state index is -1.01. The number of hydrogen-bond acceptors (Lipinski definition) is 8.